The lowest BCUT2D eigenvalue weighted by molar-refractivity contribution is 0.561. The summed E-state index contributed by atoms with van der Waals surface area (Å²) in [5, 5.41) is 5.61. The van der Waals surface area contributed by atoms with Gasteiger partial charge in [0.25, 0.3) is 0 Å². The highest BCUT2D eigenvalue weighted by Gasteiger charge is 2.16. The van der Waals surface area contributed by atoms with E-state index in [4.69, 9.17) is 5.73 Å². The van der Waals surface area contributed by atoms with E-state index in [2.05, 4.69) is 42.4 Å². The van der Waals surface area contributed by atoms with Crippen molar-refractivity contribution < 1.29 is 0 Å². The molecule has 0 amide bonds. The van der Waals surface area contributed by atoms with Gasteiger partial charge in [0, 0.05) is 22.3 Å². The fourth-order valence-electron chi connectivity index (χ4n) is 2.31. The van der Waals surface area contributed by atoms with Crippen LogP contribution in [0.25, 0.3) is 10.1 Å². The number of rotatable bonds is 4. The molecular weight excluding hydrogens is 254 g/mol. The molecule has 0 spiro atoms. The fourth-order valence-corrected chi connectivity index (χ4v) is 3.39. The maximum atomic E-state index is 6.41. The predicted molar refractivity (Wildman–Crippen MR) is 80.4 cm³/mol. The van der Waals surface area contributed by atoms with Crippen molar-refractivity contribution in [3.63, 3.8) is 0 Å². The van der Waals surface area contributed by atoms with Crippen LogP contribution in [0.1, 0.15) is 30.0 Å². The van der Waals surface area contributed by atoms with Gasteiger partial charge in [0.2, 0.25) is 0 Å². The van der Waals surface area contributed by atoms with Crippen molar-refractivity contribution in [2.24, 2.45) is 5.73 Å². The number of aromatic nitrogens is 2. The van der Waals surface area contributed by atoms with Gasteiger partial charge in [-0.1, -0.05) is 25.1 Å². The molecule has 2 aromatic heterocycles. The Balaban J connectivity index is 1.98. The fraction of sp³-hybridized carbons (Fsp3) is 0.267. The van der Waals surface area contributed by atoms with Crippen molar-refractivity contribution in [2.45, 2.75) is 25.9 Å². The molecule has 0 saturated carbocycles. The van der Waals surface area contributed by atoms with Crippen LogP contribution >= 0.6 is 11.3 Å². The quantitative estimate of drug-likeness (QED) is 0.788. The number of nitrogens with zero attached hydrogens (tertiary/aromatic N) is 2. The van der Waals surface area contributed by atoms with Gasteiger partial charge in [-0.3, -0.25) is 4.68 Å². The zero-order valence-corrected chi connectivity index (χ0v) is 11.7. The smallest absolute Gasteiger partial charge is 0.0817 e. The lowest BCUT2D eigenvalue weighted by Gasteiger charge is -2.12. The summed E-state index contributed by atoms with van der Waals surface area (Å²) in [6, 6.07) is 12.5. The summed E-state index contributed by atoms with van der Waals surface area (Å²) in [5.74, 6) is 0. The van der Waals surface area contributed by atoms with Crippen LogP contribution in [0.2, 0.25) is 0 Å². The van der Waals surface area contributed by atoms with Gasteiger partial charge >= 0.3 is 0 Å². The number of hydrogen-bond acceptors (Lipinski definition) is 3. The second-order valence-corrected chi connectivity index (χ2v) is 5.76. The van der Waals surface area contributed by atoms with Crippen LogP contribution in [-0.4, -0.2) is 9.78 Å². The van der Waals surface area contributed by atoms with Gasteiger partial charge in [-0.25, -0.2) is 0 Å². The van der Waals surface area contributed by atoms with E-state index in [9.17, 15) is 0 Å². The Morgan fingerprint density at radius 2 is 2.16 bits per heavy atom. The molecule has 0 radical (unpaired) electrons. The molecule has 1 unspecified atom stereocenters. The number of benzene rings is 1. The summed E-state index contributed by atoms with van der Waals surface area (Å²) in [6.45, 7) is 3.07. The molecule has 1 aromatic carbocycles. The highest BCUT2D eigenvalue weighted by molar-refractivity contribution is 7.19. The monoisotopic (exact) mass is 271 g/mol. The minimum absolute atomic E-state index is 0.0913. The largest absolute Gasteiger partial charge is 0.318 e. The maximum absolute atomic E-state index is 6.41. The molecule has 4 heteroatoms. The Bertz CT molecular complexity index is 650. The molecule has 1 atom stereocenters. The lowest BCUT2D eigenvalue weighted by Crippen LogP contribution is -2.16. The van der Waals surface area contributed by atoms with Crippen molar-refractivity contribution >= 4 is 21.4 Å². The first-order chi connectivity index (χ1) is 9.29. The molecule has 2 N–H and O–H groups in total. The van der Waals surface area contributed by atoms with Crippen LogP contribution in [0.5, 0.6) is 0 Å². The molecule has 0 aliphatic heterocycles. The number of hydrogen-bond donors (Lipinski definition) is 1. The summed E-state index contributed by atoms with van der Waals surface area (Å²) in [6.07, 6.45) is 2.89. The molecule has 0 aliphatic rings. The molecule has 0 bridgehead atoms. The van der Waals surface area contributed by atoms with Crippen LogP contribution in [0.4, 0.5) is 0 Å². The lowest BCUT2D eigenvalue weighted by atomic mass is 10.1. The molecule has 0 saturated heterocycles. The van der Waals surface area contributed by atoms with E-state index >= 15 is 0 Å². The van der Waals surface area contributed by atoms with Crippen LogP contribution in [-0.2, 0) is 6.54 Å². The van der Waals surface area contributed by atoms with Crippen molar-refractivity contribution in [3.8, 4) is 0 Å². The van der Waals surface area contributed by atoms with Crippen molar-refractivity contribution in [1.29, 1.82) is 0 Å². The first-order valence-corrected chi connectivity index (χ1v) is 7.37. The molecule has 19 heavy (non-hydrogen) atoms. The molecule has 3 rings (SSSR count). The molecule has 98 valence electrons. The number of aryl methyl sites for hydroxylation is 1. The Kier molecular flexibility index (Phi) is 3.36. The number of thiophene rings is 1. The second kappa shape index (κ2) is 5.15. The average molecular weight is 271 g/mol. The van der Waals surface area contributed by atoms with Crippen molar-refractivity contribution in [1.82, 2.24) is 9.78 Å². The van der Waals surface area contributed by atoms with Gasteiger partial charge in [0.1, 0.15) is 0 Å². The van der Waals surface area contributed by atoms with Gasteiger partial charge in [-0.2, -0.15) is 5.10 Å². The minimum atomic E-state index is -0.0913. The van der Waals surface area contributed by atoms with Gasteiger partial charge in [-0.15, -0.1) is 11.3 Å². The van der Waals surface area contributed by atoms with Gasteiger partial charge < -0.3 is 5.73 Å². The first-order valence-electron chi connectivity index (χ1n) is 6.55. The van der Waals surface area contributed by atoms with E-state index in [1.165, 1.54) is 15.0 Å². The minimum Gasteiger partial charge on any atom is -0.318 e. The molecule has 3 nitrogen and oxygen atoms in total. The van der Waals surface area contributed by atoms with Crippen molar-refractivity contribution in [2.75, 3.05) is 0 Å². The summed E-state index contributed by atoms with van der Waals surface area (Å²) in [7, 11) is 0. The van der Waals surface area contributed by atoms with E-state index in [1.807, 2.05) is 16.9 Å². The topological polar surface area (TPSA) is 43.8 Å². The summed E-state index contributed by atoms with van der Waals surface area (Å²) in [5.41, 5.74) is 7.50. The Morgan fingerprint density at radius 3 is 2.95 bits per heavy atom. The number of fused-ring (bicyclic) bond motifs is 1. The average Bonchev–Trinajstić information content (AvgIpc) is 3.04. The summed E-state index contributed by atoms with van der Waals surface area (Å²) in [4.78, 5) is 1.19. The Hall–Kier alpha value is -1.65. The molecule has 0 aliphatic carbocycles. The summed E-state index contributed by atoms with van der Waals surface area (Å²) >= 11 is 1.76. The normalized spacial score (nSPS) is 12.9. The van der Waals surface area contributed by atoms with Crippen LogP contribution in [0.15, 0.2) is 42.6 Å². The first kappa shape index (κ1) is 12.4. The maximum Gasteiger partial charge on any atom is 0.0817 e. The Labute approximate surface area is 116 Å². The van der Waals surface area contributed by atoms with Gasteiger partial charge in [0.05, 0.1) is 11.7 Å². The third-order valence-corrected chi connectivity index (χ3v) is 4.45. The van der Waals surface area contributed by atoms with E-state index in [0.717, 1.165) is 18.7 Å². The molecule has 2 heterocycles. The predicted octanol–water partition coefficient (Wildman–Crippen LogP) is 3.56. The highest BCUT2D eigenvalue weighted by atomic mass is 32.1. The highest BCUT2D eigenvalue weighted by Crippen LogP contribution is 2.31. The second-order valence-electron chi connectivity index (χ2n) is 4.64. The van der Waals surface area contributed by atoms with Crippen molar-refractivity contribution in [3.05, 3.63) is 53.2 Å². The zero-order valence-electron chi connectivity index (χ0n) is 10.9. The number of nitrogens with two attached hydrogens (primary N) is 1. The summed E-state index contributed by atoms with van der Waals surface area (Å²) < 4.78 is 3.30. The third-order valence-electron chi connectivity index (χ3n) is 3.25. The SMILES string of the molecule is CCCn1nccc1C(N)c1cc2ccccc2s1. The standard InChI is InChI=1S/C15H17N3S/c1-2-9-18-12(7-8-17-18)15(16)14-10-11-5-3-4-6-13(11)19-14/h3-8,10,15H,2,9,16H2,1H3. The van der Waals surface area contributed by atoms with Crippen LogP contribution < -0.4 is 5.73 Å². The van der Waals surface area contributed by atoms with E-state index < -0.39 is 0 Å². The molecular formula is C15H17N3S. The van der Waals surface area contributed by atoms with Gasteiger partial charge in [0.15, 0.2) is 0 Å². The zero-order chi connectivity index (χ0) is 13.2. The van der Waals surface area contributed by atoms with Crippen LogP contribution in [0, 0.1) is 0 Å². The van der Waals surface area contributed by atoms with Crippen LogP contribution in [0.3, 0.4) is 0 Å². The third kappa shape index (κ3) is 2.29. The van der Waals surface area contributed by atoms with E-state index in [1.54, 1.807) is 11.3 Å². The molecule has 3 aromatic rings. The van der Waals surface area contributed by atoms with E-state index in [0.29, 0.717) is 0 Å². The Morgan fingerprint density at radius 1 is 1.32 bits per heavy atom. The van der Waals surface area contributed by atoms with E-state index in [-0.39, 0.29) is 6.04 Å². The van der Waals surface area contributed by atoms with Gasteiger partial charge in [-0.05, 0) is 30.0 Å². The molecule has 0 fully saturated rings.